The van der Waals surface area contributed by atoms with E-state index in [0.717, 1.165) is 23.5 Å². The lowest BCUT2D eigenvalue weighted by Gasteiger charge is -2.45. The Morgan fingerprint density at radius 1 is 0.545 bits per heavy atom. The number of fused-ring (bicyclic) bond motifs is 4. The molecule has 0 aromatic rings. The minimum Gasteiger partial charge on any atom is -0.388 e. The van der Waals surface area contributed by atoms with Gasteiger partial charge in [-0.15, -0.1) is 23.5 Å². The predicted octanol–water partition coefficient (Wildman–Crippen LogP) is -2.92. The van der Waals surface area contributed by atoms with Gasteiger partial charge in [-0.05, 0) is 0 Å². The van der Waals surface area contributed by atoms with E-state index in [-0.39, 0.29) is 11.5 Å². The first-order valence-electron chi connectivity index (χ1n) is 7.02. The molecule has 0 saturated carbocycles. The molecule has 3 aliphatic heterocycles. The molecular weight excluding hydrogens is 336 g/mol. The van der Waals surface area contributed by atoms with Crippen LogP contribution in [0.2, 0.25) is 0 Å². The number of rotatable bonds is 0. The smallest absolute Gasteiger partial charge is 0.132 e. The Bertz CT molecular complexity index is 333. The zero-order chi connectivity index (χ0) is 16.0. The van der Waals surface area contributed by atoms with Gasteiger partial charge in [-0.1, -0.05) is 0 Å². The standard InChI is InChI=1S/C12H20O8S2/c13-5-3-1-21-11-9(17)8(16)6(14)4(20-11)2-22-12(19-3)10(18)7(5)15/h3-18H,1-2H2. The first kappa shape index (κ1) is 17.2. The average molecular weight is 356 g/mol. The summed E-state index contributed by atoms with van der Waals surface area (Å²) in [5, 5.41) is 59.7. The Hall–Kier alpha value is 0.380. The quantitative estimate of drug-likeness (QED) is 0.267. The van der Waals surface area contributed by atoms with Crippen LogP contribution in [0.5, 0.6) is 0 Å². The largest absolute Gasteiger partial charge is 0.388 e. The molecule has 0 aromatic heterocycles. The maximum atomic E-state index is 9.97. The van der Waals surface area contributed by atoms with E-state index in [1.807, 2.05) is 0 Å². The molecule has 6 N–H and O–H groups in total. The lowest BCUT2D eigenvalue weighted by atomic mass is 10.0. The number of aliphatic hydroxyl groups is 6. The molecule has 0 spiro atoms. The Morgan fingerprint density at radius 2 is 0.909 bits per heavy atom. The molecule has 10 heteroatoms. The molecule has 0 amide bonds. The highest BCUT2D eigenvalue weighted by Gasteiger charge is 2.49. The highest BCUT2D eigenvalue weighted by atomic mass is 32.2. The fraction of sp³-hybridized carbons (Fsp3) is 1.00. The van der Waals surface area contributed by atoms with Gasteiger partial charge in [0.05, 0.1) is 12.2 Å². The van der Waals surface area contributed by atoms with Crippen molar-refractivity contribution in [2.24, 2.45) is 0 Å². The summed E-state index contributed by atoms with van der Waals surface area (Å²) in [6, 6.07) is 0. The van der Waals surface area contributed by atoms with E-state index < -0.39 is 59.7 Å². The molecule has 3 saturated heterocycles. The van der Waals surface area contributed by atoms with Gasteiger partial charge >= 0.3 is 0 Å². The summed E-state index contributed by atoms with van der Waals surface area (Å²) >= 11 is 2.27. The molecule has 3 heterocycles. The highest BCUT2D eigenvalue weighted by molar-refractivity contribution is 8.00. The average Bonchev–Trinajstić information content (AvgIpc) is 2.52. The van der Waals surface area contributed by atoms with Gasteiger partial charge in [-0.25, -0.2) is 0 Å². The third-order valence-electron chi connectivity index (χ3n) is 4.19. The fourth-order valence-corrected chi connectivity index (χ4v) is 5.23. The fourth-order valence-electron chi connectivity index (χ4n) is 2.76. The normalized spacial score (nSPS) is 56.5. The van der Waals surface area contributed by atoms with Crippen LogP contribution in [0.15, 0.2) is 0 Å². The van der Waals surface area contributed by atoms with E-state index in [1.165, 1.54) is 0 Å². The summed E-state index contributed by atoms with van der Waals surface area (Å²) in [4.78, 5) is 0. The SMILES string of the molecule is OC1C2CSC3OC(CSC(O2)C(O)C1O)C(O)C(O)C3O. The van der Waals surface area contributed by atoms with Gasteiger partial charge < -0.3 is 40.1 Å². The molecule has 0 aromatic carbocycles. The van der Waals surface area contributed by atoms with Crippen molar-refractivity contribution >= 4 is 23.5 Å². The minimum atomic E-state index is -1.32. The summed E-state index contributed by atoms with van der Waals surface area (Å²) in [5.41, 5.74) is -1.53. The summed E-state index contributed by atoms with van der Waals surface area (Å²) in [5.74, 6) is 0.415. The Kier molecular flexibility index (Phi) is 5.25. The number of thioether (sulfide) groups is 2. The molecule has 0 radical (unpaired) electrons. The minimum absolute atomic E-state index is 0.208. The van der Waals surface area contributed by atoms with Crippen LogP contribution in [-0.2, 0) is 9.47 Å². The van der Waals surface area contributed by atoms with Gasteiger partial charge in [0.15, 0.2) is 0 Å². The number of aliphatic hydroxyl groups excluding tert-OH is 6. The zero-order valence-corrected chi connectivity index (χ0v) is 13.1. The Balaban J connectivity index is 1.79. The highest BCUT2D eigenvalue weighted by Crippen LogP contribution is 2.37. The first-order chi connectivity index (χ1) is 10.4. The van der Waals surface area contributed by atoms with E-state index >= 15 is 0 Å². The second kappa shape index (κ2) is 6.71. The lowest BCUT2D eigenvalue weighted by Crippen LogP contribution is -2.60. The van der Waals surface area contributed by atoms with Crippen LogP contribution in [0.25, 0.3) is 0 Å². The second-order valence-electron chi connectivity index (χ2n) is 5.70. The molecular formula is C12H20O8S2. The summed E-state index contributed by atoms with van der Waals surface area (Å²) in [7, 11) is 0. The molecule has 0 aliphatic carbocycles. The van der Waals surface area contributed by atoms with Crippen molar-refractivity contribution < 1.29 is 40.1 Å². The van der Waals surface area contributed by atoms with Gasteiger partial charge in [-0.3, -0.25) is 0 Å². The Labute approximate surface area is 135 Å². The van der Waals surface area contributed by atoms with Gasteiger partial charge in [0.25, 0.3) is 0 Å². The van der Waals surface area contributed by atoms with E-state index in [1.54, 1.807) is 0 Å². The van der Waals surface area contributed by atoms with Crippen molar-refractivity contribution in [3.05, 3.63) is 0 Å². The summed E-state index contributed by atoms with van der Waals surface area (Å²) < 4.78 is 11.2. The summed E-state index contributed by atoms with van der Waals surface area (Å²) in [6.45, 7) is 0. The molecule has 3 rings (SSSR count). The van der Waals surface area contributed by atoms with E-state index in [4.69, 9.17) is 9.47 Å². The maximum Gasteiger partial charge on any atom is 0.132 e. The van der Waals surface area contributed by atoms with Gasteiger partial charge in [-0.2, -0.15) is 0 Å². The molecule has 128 valence electrons. The monoisotopic (exact) mass is 356 g/mol. The van der Waals surface area contributed by atoms with Crippen LogP contribution >= 0.6 is 23.5 Å². The van der Waals surface area contributed by atoms with Gasteiger partial charge in [0.1, 0.15) is 47.5 Å². The van der Waals surface area contributed by atoms with Crippen LogP contribution in [0.4, 0.5) is 0 Å². The molecule has 10 unspecified atom stereocenters. The number of hydrogen-bond acceptors (Lipinski definition) is 10. The zero-order valence-electron chi connectivity index (χ0n) is 11.5. The van der Waals surface area contributed by atoms with Crippen LogP contribution in [0, 0.1) is 0 Å². The van der Waals surface area contributed by atoms with Crippen molar-refractivity contribution in [1.82, 2.24) is 0 Å². The van der Waals surface area contributed by atoms with Crippen molar-refractivity contribution in [1.29, 1.82) is 0 Å². The van der Waals surface area contributed by atoms with Crippen LogP contribution < -0.4 is 0 Å². The van der Waals surface area contributed by atoms with Crippen molar-refractivity contribution in [3.63, 3.8) is 0 Å². The topological polar surface area (TPSA) is 140 Å². The van der Waals surface area contributed by atoms with Crippen LogP contribution in [-0.4, -0.2) is 102 Å². The summed E-state index contributed by atoms with van der Waals surface area (Å²) in [6.07, 6.45) is -9.10. The molecule has 4 bridgehead atoms. The molecule has 3 aliphatic rings. The second-order valence-corrected chi connectivity index (χ2v) is 7.96. The molecule has 22 heavy (non-hydrogen) atoms. The third kappa shape index (κ3) is 3.02. The van der Waals surface area contributed by atoms with Gasteiger partial charge in [0, 0.05) is 11.5 Å². The lowest BCUT2D eigenvalue weighted by molar-refractivity contribution is -0.198. The number of hydrogen-bond donors (Lipinski definition) is 6. The predicted molar refractivity (Wildman–Crippen MR) is 78.3 cm³/mol. The van der Waals surface area contributed by atoms with E-state index in [0.29, 0.717) is 0 Å². The van der Waals surface area contributed by atoms with E-state index in [2.05, 4.69) is 0 Å². The molecule has 10 atom stereocenters. The Morgan fingerprint density at radius 3 is 1.27 bits per heavy atom. The van der Waals surface area contributed by atoms with E-state index in [9.17, 15) is 30.6 Å². The van der Waals surface area contributed by atoms with Crippen LogP contribution in [0.1, 0.15) is 0 Å². The van der Waals surface area contributed by atoms with Gasteiger partial charge in [0.2, 0.25) is 0 Å². The number of ether oxygens (including phenoxy) is 2. The van der Waals surface area contributed by atoms with Crippen LogP contribution in [0.3, 0.4) is 0 Å². The van der Waals surface area contributed by atoms with Crippen molar-refractivity contribution in [3.8, 4) is 0 Å². The maximum absolute atomic E-state index is 9.97. The molecule has 3 fully saturated rings. The van der Waals surface area contributed by atoms with Crippen molar-refractivity contribution in [2.45, 2.75) is 59.7 Å². The first-order valence-corrected chi connectivity index (χ1v) is 9.12. The van der Waals surface area contributed by atoms with Crippen molar-refractivity contribution in [2.75, 3.05) is 11.5 Å². The third-order valence-corrected chi connectivity index (χ3v) is 6.67. The molecule has 8 nitrogen and oxygen atoms in total.